The average Bonchev–Trinajstić information content (AvgIpc) is 3.21. The second-order valence-corrected chi connectivity index (χ2v) is 7.46. The lowest BCUT2D eigenvalue weighted by Gasteiger charge is -2.08. The molecule has 168 valence electrons. The SMILES string of the molecule is O=C(NCCn1ncc2c(=O)n(Cc3ccccc3F)cnc21)c1ccc(Cl)c([N+](=O)[O-])c1. The largest absolute Gasteiger partial charge is 0.350 e. The van der Waals surface area contributed by atoms with Crippen LogP contribution in [-0.2, 0) is 13.1 Å². The first-order valence-electron chi connectivity index (χ1n) is 9.71. The van der Waals surface area contributed by atoms with E-state index < -0.39 is 16.6 Å². The van der Waals surface area contributed by atoms with Crippen molar-refractivity contribution in [2.45, 2.75) is 13.1 Å². The molecule has 0 aliphatic carbocycles. The summed E-state index contributed by atoms with van der Waals surface area (Å²) in [7, 11) is 0. The second kappa shape index (κ2) is 9.17. The molecular formula is C21H16ClFN6O4. The molecular weight excluding hydrogens is 455 g/mol. The predicted molar refractivity (Wildman–Crippen MR) is 118 cm³/mol. The van der Waals surface area contributed by atoms with E-state index in [0.717, 1.165) is 6.07 Å². The lowest BCUT2D eigenvalue weighted by molar-refractivity contribution is -0.384. The van der Waals surface area contributed by atoms with Gasteiger partial charge in [0, 0.05) is 23.7 Å². The zero-order valence-corrected chi connectivity index (χ0v) is 17.7. The van der Waals surface area contributed by atoms with Crippen LogP contribution in [0.3, 0.4) is 0 Å². The topological polar surface area (TPSA) is 125 Å². The van der Waals surface area contributed by atoms with Crippen molar-refractivity contribution >= 4 is 34.2 Å². The van der Waals surface area contributed by atoms with Crippen LogP contribution in [0.4, 0.5) is 10.1 Å². The van der Waals surface area contributed by atoms with E-state index in [0.29, 0.717) is 11.2 Å². The molecule has 2 aromatic heterocycles. The van der Waals surface area contributed by atoms with Crippen molar-refractivity contribution in [2.24, 2.45) is 0 Å². The number of fused-ring (bicyclic) bond motifs is 1. The molecule has 33 heavy (non-hydrogen) atoms. The van der Waals surface area contributed by atoms with Crippen LogP contribution >= 0.6 is 11.6 Å². The Hall–Kier alpha value is -4.12. The second-order valence-electron chi connectivity index (χ2n) is 7.05. The first-order chi connectivity index (χ1) is 15.8. The van der Waals surface area contributed by atoms with E-state index >= 15 is 0 Å². The Bertz CT molecular complexity index is 1430. The van der Waals surface area contributed by atoms with Crippen LogP contribution in [0.5, 0.6) is 0 Å². The number of hydrogen-bond acceptors (Lipinski definition) is 6. The maximum atomic E-state index is 13.9. The molecule has 2 aromatic carbocycles. The lowest BCUT2D eigenvalue weighted by atomic mass is 10.2. The summed E-state index contributed by atoms with van der Waals surface area (Å²) in [6, 6.07) is 9.93. The van der Waals surface area contributed by atoms with E-state index in [-0.39, 0.29) is 46.9 Å². The first-order valence-corrected chi connectivity index (χ1v) is 10.1. The van der Waals surface area contributed by atoms with Gasteiger partial charge in [0.05, 0.1) is 24.2 Å². The summed E-state index contributed by atoms with van der Waals surface area (Å²) in [4.78, 5) is 39.6. The summed E-state index contributed by atoms with van der Waals surface area (Å²) in [5, 5.41) is 18.0. The number of carbonyl (C=O) groups is 1. The molecule has 1 amide bonds. The van der Waals surface area contributed by atoms with Crippen LogP contribution < -0.4 is 10.9 Å². The molecule has 0 bridgehead atoms. The van der Waals surface area contributed by atoms with E-state index in [1.807, 2.05) is 0 Å². The van der Waals surface area contributed by atoms with Gasteiger partial charge in [0.1, 0.15) is 22.6 Å². The van der Waals surface area contributed by atoms with Gasteiger partial charge < -0.3 is 5.32 Å². The van der Waals surface area contributed by atoms with Crippen LogP contribution in [0.1, 0.15) is 15.9 Å². The Morgan fingerprint density at radius 3 is 2.79 bits per heavy atom. The van der Waals surface area contributed by atoms with Gasteiger partial charge in [0.15, 0.2) is 5.65 Å². The highest BCUT2D eigenvalue weighted by molar-refractivity contribution is 6.32. The fraction of sp³-hybridized carbons (Fsp3) is 0.143. The van der Waals surface area contributed by atoms with Crippen molar-refractivity contribution in [3.63, 3.8) is 0 Å². The van der Waals surface area contributed by atoms with Crippen molar-refractivity contribution in [1.82, 2.24) is 24.6 Å². The molecule has 0 fully saturated rings. The van der Waals surface area contributed by atoms with Gasteiger partial charge >= 0.3 is 0 Å². The van der Waals surface area contributed by atoms with Crippen LogP contribution in [0.15, 0.2) is 59.8 Å². The molecule has 4 rings (SSSR count). The van der Waals surface area contributed by atoms with Gasteiger partial charge in [0.25, 0.3) is 17.2 Å². The molecule has 0 atom stereocenters. The molecule has 0 unspecified atom stereocenters. The van der Waals surface area contributed by atoms with Gasteiger partial charge in [0.2, 0.25) is 0 Å². The predicted octanol–water partition coefficient (Wildman–Crippen LogP) is 2.77. The van der Waals surface area contributed by atoms with Crippen LogP contribution in [-0.4, -0.2) is 36.7 Å². The van der Waals surface area contributed by atoms with E-state index in [1.54, 1.807) is 18.2 Å². The van der Waals surface area contributed by atoms with Gasteiger partial charge in [-0.15, -0.1) is 0 Å². The number of aromatic nitrogens is 4. The van der Waals surface area contributed by atoms with E-state index in [2.05, 4.69) is 15.4 Å². The van der Waals surface area contributed by atoms with Crippen LogP contribution in [0.2, 0.25) is 5.02 Å². The Morgan fingerprint density at radius 2 is 2.03 bits per heavy atom. The van der Waals surface area contributed by atoms with Gasteiger partial charge in [-0.25, -0.2) is 14.1 Å². The number of rotatable bonds is 7. The smallest absolute Gasteiger partial charge is 0.288 e. The monoisotopic (exact) mass is 470 g/mol. The third-order valence-corrected chi connectivity index (χ3v) is 5.25. The first kappa shape index (κ1) is 22.1. The summed E-state index contributed by atoms with van der Waals surface area (Å²) in [6.07, 6.45) is 2.69. The Labute approximate surface area is 190 Å². The quantitative estimate of drug-likeness (QED) is 0.327. The summed E-state index contributed by atoms with van der Waals surface area (Å²) in [5.41, 5.74) is 0.0373. The van der Waals surface area contributed by atoms with Gasteiger partial charge in [-0.3, -0.25) is 24.3 Å². The molecule has 4 aromatic rings. The number of halogens is 2. The molecule has 0 radical (unpaired) electrons. The highest BCUT2D eigenvalue weighted by Crippen LogP contribution is 2.25. The lowest BCUT2D eigenvalue weighted by Crippen LogP contribution is -2.28. The normalized spacial score (nSPS) is 11.0. The van der Waals surface area contributed by atoms with E-state index in [9.17, 15) is 24.1 Å². The highest BCUT2D eigenvalue weighted by Gasteiger charge is 2.16. The minimum Gasteiger partial charge on any atom is -0.350 e. The molecule has 2 heterocycles. The standard InChI is InChI=1S/C21H16ClFN6O4/c22-16-6-5-13(9-18(16)29(32)33)20(30)24-7-8-28-19-15(10-26-28)21(31)27(12-25-19)11-14-3-1-2-4-17(14)23/h1-6,9-10,12H,7-8,11H2,(H,24,30). The third-order valence-electron chi connectivity index (χ3n) is 4.93. The zero-order chi connectivity index (χ0) is 23.5. The third kappa shape index (κ3) is 4.58. The van der Waals surface area contributed by atoms with Crippen LogP contribution in [0.25, 0.3) is 11.0 Å². The number of benzene rings is 2. The maximum absolute atomic E-state index is 13.9. The molecule has 0 saturated heterocycles. The van der Waals surface area contributed by atoms with Crippen molar-refractivity contribution in [3.8, 4) is 0 Å². The molecule has 12 heteroatoms. The van der Waals surface area contributed by atoms with Crippen molar-refractivity contribution in [1.29, 1.82) is 0 Å². The van der Waals surface area contributed by atoms with Gasteiger partial charge in [-0.2, -0.15) is 5.10 Å². The Balaban J connectivity index is 1.46. The Morgan fingerprint density at radius 1 is 1.24 bits per heavy atom. The number of nitrogens with zero attached hydrogens (tertiary/aromatic N) is 5. The van der Waals surface area contributed by atoms with Gasteiger partial charge in [-0.1, -0.05) is 29.8 Å². The Kier molecular flexibility index (Phi) is 6.13. The highest BCUT2D eigenvalue weighted by atomic mass is 35.5. The summed E-state index contributed by atoms with van der Waals surface area (Å²) >= 11 is 5.76. The molecule has 1 N–H and O–H groups in total. The maximum Gasteiger partial charge on any atom is 0.288 e. The van der Waals surface area contributed by atoms with Crippen molar-refractivity contribution in [3.05, 3.63) is 97.4 Å². The number of hydrogen-bond donors (Lipinski definition) is 1. The number of amides is 1. The summed E-state index contributed by atoms with van der Waals surface area (Å²) < 4.78 is 16.7. The zero-order valence-electron chi connectivity index (χ0n) is 16.9. The molecule has 10 nitrogen and oxygen atoms in total. The summed E-state index contributed by atoms with van der Waals surface area (Å²) in [6.45, 7) is 0.365. The fourth-order valence-corrected chi connectivity index (χ4v) is 3.44. The van der Waals surface area contributed by atoms with Crippen molar-refractivity contribution < 1.29 is 14.1 Å². The van der Waals surface area contributed by atoms with Crippen LogP contribution in [0, 0.1) is 15.9 Å². The number of nitrogens with one attached hydrogen (secondary N) is 1. The van der Waals surface area contributed by atoms with Gasteiger partial charge in [-0.05, 0) is 18.2 Å². The molecule has 0 spiro atoms. The minimum atomic E-state index is -0.667. The average molecular weight is 471 g/mol. The summed E-state index contributed by atoms with van der Waals surface area (Å²) in [5.74, 6) is -0.937. The van der Waals surface area contributed by atoms with E-state index in [4.69, 9.17) is 11.6 Å². The number of nitro groups is 1. The van der Waals surface area contributed by atoms with Crippen molar-refractivity contribution in [2.75, 3.05) is 6.54 Å². The number of carbonyl (C=O) groups excluding carboxylic acids is 1. The molecule has 0 aliphatic heterocycles. The minimum absolute atomic E-state index is 0.0307. The van der Waals surface area contributed by atoms with E-state index in [1.165, 1.54) is 40.0 Å². The fourth-order valence-electron chi connectivity index (χ4n) is 3.26. The molecule has 0 saturated carbocycles. The molecule has 0 aliphatic rings. The number of nitro benzene ring substituents is 1.